The average Bonchev–Trinajstić information content (AvgIpc) is 2.66. The molecule has 2 rings (SSSR count). The van der Waals surface area contributed by atoms with Crippen molar-refractivity contribution in [2.24, 2.45) is 0 Å². The van der Waals surface area contributed by atoms with Crippen LogP contribution in [0.15, 0.2) is 24.0 Å². The van der Waals surface area contributed by atoms with Gasteiger partial charge in [-0.25, -0.2) is 0 Å². The highest BCUT2D eigenvalue weighted by Crippen LogP contribution is 2.25. The molecule has 1 aliphatic heterocycles. The lowest BCUT2D eigenvalue weighted by Gasteiger charge is -2.07. The summed E-state index contributed by atoms with van der Waals surface area (Å²) in [7, 11) is 1.59. The molecule has 19 heavy (non-hydrogen) atoms. The summed E-state index contributed by atoms with van der Waals surface area (Å²) in [4.78, 5) is 13.4. The molecule has 5 heteroatoms. The first kappa shape index (κ1) is 13.5. The van der Waals surface area contributed by atoms with Crippen LogP contribution in [0.1, 0.15) is 18.1 Å². The van der Waals surface area contributed by atoms with Crippen LogP contribution in [0.3, 0.4) is 0 Å². The molecule has 1 amide bonds. The average molecular weight is 277 g/mol. The molecule has 0 aromatic heterocycles. The fraction of sp³-hybridized carbons (Fsp3) is 0.286. The number of hydrogen-bond acceptors (Lipinski definition) is 4. The van der Waals surface area contributed by atoms with E-state index in [1.54, 1.807) is 13.2 Å². The van der Waals surface area contributed by atoms with Crippen molar-refractivity contribution < 1.29 is 14.3 Å². The lowest BCUT2D eigenvalue weighted by Crippen LogP contribution is -2.27. The Morgan fingerprint density at radius 1 is 1.47 bits per heavy atom. The molecule has 0 atom stereocenters. The Morgan fingerprint density at radius 3 is 2.79 bits per heavy atom. The Kier molecular flexibility index (Phi) is 3.85. The van der Waals surface area contributed by atoms with Crippen LogP contribution in [0, 0.1) is 6.92 Å². The highest BCUT2D eigenvalue weighted by molar-refractivity contribution is 7.80. The molecule has 0 spiro atoms. The number of rotatable bonds is 3. The standard InChI is InChI=1S/C14H15NO3S/c1-4-15-13(16)12(18-14(15)19)8-10-6-5-9(2)7-11(10)17-3/h5-8H,4H2,1-3H3/b12-8+. The molecule has 0 saturated carbocycles. The number of ether oxygens (including phenoxy) is 2. The second-order valence-corrected chi connectivity index (χ2v) is 4.52. The highest BCUT2D eigenvalue weighted by Gasteiger charge is 2.32. The summed E-state index contributed by atoms with van der Waals surface area (Å²) in [6.07, 6.45) is 1.66. The minimum atomic E-state index is -0.213. The molecule has 0 bridgehead atoms. The maximum absolute atomic E-state index is 12.0. The predicted octanol–water partition coefficient (Wildman–Crippen LogP) is 2.51. The number of aryl methyl sites for hydroxylation is 1. The van der Waals surface area contributed by atoms with Crippen molar-refractivity contribution in [3.8, 4) is 5.75 Å². The summed E-state index contributed by atoms with van der Waals surface area (Å²) in [5, 5.41) is 0.199. The van der Waals surface area contributed by atoms with E-state index in [0.717, 1.165) is 11.1 Å². The van der Waals surface area contributed by atoms with E-state index in [0.29, 0.717) is 12.3 Å². The van der Waals surface area contributed by atoms with Crippen molar-refractivity contribution in [2.75, 3.05) is 13.7 Å². The summed E-state index contributed by atoms with van der Waals surface area (Å²) in [6, 6.07) is 5.74. The predicted molar refractivity (Wildman–Crippen MR) is 76.8 cm³/mol. The van der Waals surface area contributed by atoms with Gasteiger partial charge in [-0.2, -0.15) is 0 Å². The molecule has 0 unspecified atom stereocenters. The molecule has 1 saturated heterocycles. The molecular weight excluding hydrogens is 262 g/mol. The first-order valence-corrected chi connectivity index (χ1v) is 6.37. The van der Waals surface area contributed by atoms with Crippen molar-refractivity contribution in [1.29, 1.82) is 0 Å². The third-order valence-electron chi connectivity index (χ3n) is 2.87. The van der Waals surface area contributed by atoms with E-state index < -0.39 is 0 Å². The van der Waals surface area contributed by atoms with Crippen LogP contribution in [-0.2, 0) is 9.53 Å². The number of nitrogens with zero attached hydrogens (tertiary/aromatic N) is 1. The summed E-state index contributed by atoms with van der Waals surface area (Å²) in [5.74, 6) is 0.717. The van der Waals surface area contributed by atoms with Gasteiger partial charge in [0.05, 0.1) is 7.11 Å². The first-order valence-electron chi connectivity index (χ1n) is 5.96. The van der Waals surface area contributed by atoms with Crippen LogP contribution < -0.4 is 4.74 Å². The molecule has 1 fully saturated rings. The van der Waals surface area contributed by atoms with Gasteiger partial charge in [-0.15, -0.1) is 0 Å². The van der Waals surface area contributed by atoms with Crippen LogP contribution >= 0.6 is 12.2 Å². The molecule has 0 N–H and O–H groups in total. The first-order chi connectivity index (χ1) is 9.06. The summed E-state index contributed by atoms with van der Waals surface area (Å²) >= 11 is 5.00. The van der Waals surface area contributed by atoms with Gasteiger partial charge in [-0.05, 0) is 43.8 Å². The maximum atomic E-state index is 12.0. The van der Waals surface area contributed by atoms with Crippen molar-refractivity contribution in [2.45, 2.75) is 13.8 Å². The number of likely N-dealkylation sites (N-methyl/N-ethyl adjacent to an activating group) is 1. The summed E-state index contributed by atoms with van der Waals surface area (Å²) in [6.45, 7) is 4.33. The van der Waals surface area contributed by atoms with Crippen molar-refractivity contribution in [3.63, 3.8) is 0 Å². The molecule has 0 aliphatic carbocycles. The minimum absolute atomic E-state index is 0.199. The van der Waals surface area contributed by atoms with Gasteiger partial charge >= 0.3 is 0 Å². The minimum Gasteiger partial charge on any atom is -0.496 e. The summed E-state index contributed by atoms with van der Waals surface area (Å²) in [5.41, 5.74) is 1.88. The van der Waals surface area contributed by atoms with Crippen LogP contribution in [0.25, 0.3) is 6.08 Å². The number of carbonyl (C=O) groups excluding carboxylic acids is 1. The molecule has 100 valence electrons. The van der Waals surface area contributed by atoms with E-state index in [1.165, 1.54) is 4.90 Å². The van der Waals surface area contributed by atoms with E-state index in [2.05, 4.69) is 0 Å². The van der Waals surface area contributed by atoms with E-state index in [-0.39, 0.29) is 16.8 Å². The molecular formula is C14H15NO3S. The Bertz CT molecular complexity index is 566. The number of methoxy groups -OCH3 is 1. The van der Waals surface area contributed by atoms with Crippen molar-refractivity contribution >= 4 is 29.4 Å². The smallest absolute Gasteiger partial charge is 0.297 e. The van der Waals surface area contributed by atoms with Gasteiger partial charge in [0.25, 0.3) is 11.1 Å². The zero-order valence-electron chi connectivity index (χ0n) is 11.1. The van der Waals surface area contributed by atoms with Crippen LogP contribution in [0.4, 0.5) is 0 Å². The quantitative estimate of drug-likeness (QED) is 0.628. The van der Waals surface area contributed by atoms with E-state index in [4.69, 9.17) is 21.7 Å². The lowest BCUT2D eigenvalue weighted by atomic mass is 10.1. The molecule has 1 aromatic carbocycles. The van der Waals surface area contributed by atoms with Crippen LogP contribution in [0.2, 0.25) is 0 Å². The second-order valence-electron chi connectivity index (χ2n) is 4.17. The van der Waals surface area contributed by atoms with Gasteiger partial charge in [0, 0.05) is 12.1 Å². The maximum Gasteiger partial charge on any atom is 0.297 e. The number of carbonyl (C=O) groups is 1. The normalized spacial score (nSPS) is 17.0. The van der Waals surface area contributed by atoms with Gasteiger partial charge in [0.2, 0.25) is 0 Å². The molecule has 4 nitrogen and oxygen atoms in total. The molecule has 1 heterocycles. The Balaban J connectivity index is 2.37. The Labute approximate surface area is 117 Å². The number of amides is 1. The van der Waals surface area contributed by atoms with Gasteiger partial charge in [0.15, 0.2) is 5.76 Å². The summed E-state index contributed by atoms with van der Waals surface area (Å²) < 4.78 is 10.6. The zero-order chi connectivity index (χ0) is 14.0. The van der Waals surface area contributed by atoms with E-state index in [1.807, 2.05) is 32.0 Å². The monoisotopic (exact) mass is 277 g/mol. The second kappa shape index (κ2) is 5.40. The highest BCUT2D eigenvalue weighted by atomic mass is 32.1. The number of benzene rings is 1. The van der Waals surface area contributed by atoms with E-state index >= 15 is 0 Å². The lowest BCUT2D eigenvalue weighted by molar-refractivity contribution is -0.122. The Morgan fingerprint density at radius 2 is 2.21 bits per heavy atom. The fourth-order valence-corrected chi connectivity index (χ4v) is 2.15. The van der Waals surface area contributed by atoms with Crippen LogP contribution in [-0.4, -0.2) is 29.6 Å². The number of hydrogen-bond donors (Lipinski definition) is 0. The van der Waals surface area contributed by atoms with E-state index in [9.17, 15) is 4.79 Å². The van der Waals surface area contributed by atoms with Gasteiger partial charge in [-0.1, -0.05) is 12.1 Å². The van der Waals surface area contributed by atoms with Gasteiger partial charge in [0.1, 0.15) is 5.75 Å². The van der Waals surface area contributed by atoms with Gasteiger partial charge in [-0.3, -0.25) is 9.69 Å². The third-order valence-corrected chi connectivity index (χ3v) is 3.17. The van der Waals surface area contributed by atoms with Gasteiger partial charge < -0.3 is 9.47 Å². The van der Waals surface area contributed by atoms with Crippen molar-refractivity contribution in [1.82, 2.24) is 4.90 Å². The fourth-order valence-electron chi connectivity index (χ4n) is 1.85. The Hall–Kier alpha value is -1.88. The molecule has 1 aliphatic rings. The third kappa shape index (κ3) is 2.61. The van der Waals surface area contributed by atoms with Crippen molar-refractivity contribution in [3.05, 3.63) is 35.1 Å². The zero-order valence-corrected chi connectivity index (χ0v) is 11.9. The number of thiocarbonyl (C=S) groups is 1. The topological polar surface area (TPSA) is 38.8 Å². The SMILES string of the molecule is CCN1C(=O)/C(=C\c2ccc(C)cc2OC)OC1=S. The molecule has 0 radical (unpaired) electrons. The van der Waals surface area contributed by atoms with Crippen LogP contribution in [0.5, 0.6) is 5.75 Å². The largest absolute Gasteiger partial charge is 0.496 e. The molecule has 1 aromatic rings.